The number of hydrogen-bond acceptors (Lipinski definition) is 8. The van der Waals surface area contributed by atoms with E-state index < -0.39 is 0 Å². The van der Waals surface area contributed by atoms with Gasteiger partial charge in [-0.1, -0.05) is 22.9 Å². The third-order valence-electron chi connectivity index (χ3n) is 3.91. The fraction of sp³-hybridized carbons (Fsp3) is 0.158. The Balaban J connectivity index is 1.85. The van der Waals surface area contributed by atoms with Gasteiger partial charge in [0.05, 0.1) is 26.4 Å². The molecule has 28 heavy (non-hydrogen) atoms. The van der Waals surface area contributed by atoms with Crippen LogP contribution in [0.3, 0.4) is 0 Å². The van der Waals surface area contributed by atoms with Gasteiger partial charge in [-0.15, -0.1) is 0 Å². The van der Waals surface area contributed by atoms with Gasteiger partial charge in [0.15, 0.2) is 16.6 Å². The van der Waals surface area contributed by atoms with Crippen LogP contribution in [0.1, 0.15) is 15.2 Å². The molecule has 3 aromatic rings. The number of rotatable bonds is 7. The smallest absolute Gasteiger partial charge is 0.206 e. The highest BCUT2D eigenvalue weighted by Crippen LogP contribution is 2.34. The lowest BCUT2D eigenvalue weighted by atomic mass is 10.1. The Morgan fingerprint density at radius 3 is 2.36 bits per heavy atom. The highest BCUT2D eigenvalue weighted by molar-refractivity contribution is 7.18. The minimum atomic E-state index is -0.253. The highest BCUT2D eigenvalue weighted by Gasteiger charge is 2.20. The van der Waals surface area contributed by atoms with Gasteiger partial charge in [0.1, 0.15) is 16.4 Å². The van der Waals surface area contributed by atoms with E-state index >= 15 is 0 Å². The molecule has 1 aromatic heterocycles. The minimum Gasteiger partial charge on any atom is -0.495 e. The predicted octanol–water partition coefficient (Wildman–Crippen LogP) is 4.38. The lowest BCUT2D eigenvalue weighted by Crippen LogP contribution is -2.03. The molecule has 0 radical (unpaired) electrons. The van der Waals surface area contributed by atoms with E-state index in [1.165, 1.54) is 14.2 Å². The van der Waals surface area contributed by atoms with Gasteiger partial charge in [-0.25, -0.2) is 4.98 Å². The van der Waals surface area contributed by atoms with E-state index in [4.69, 9.17) is 31.5 Å². The number of halogens is 1. The second-order valence-electron chi connectivity index (χ2n) is 5.61. The summed E-state index contributed by atoms with van der Waals surface area (Å²) >= 11 is 7.29. The molecule has 0 amide bonds. The van der Waals surface area contributed by atoms with E-state index in [-0.39, 0.29) is 11.6 Å². The average molecular weight is 420 g/mol. The molecule has 0 bridgehead atoms. The quantitative estimate of drug-likeness (QED) is 0.548. The molecule has 0 aliphatic carbocycles. The number of nitrogen functional groups attached to an aromatic ring is 1. The standard InChI is InChI=1S/C19H18ClN3O4S/c1-25-13-7-5-11(9-12(13)20)22-19-23-18(21)17(28-19)16(24)10-4-6-14(26-2)15(8-10)27-3/h4-9H,21H2,1-3H3,(H,22,23). The van der Waals surface area contributed by atoms with Crippen LogP contribution in [0.2, 0.25) is 5.02 Å². The highest BCUT2D eigenvalue weighted by atomic mass is 35.5. The minimum absolute atomic E-state index is 0.145. The first-order valence-electron chi connectivity index (χ1n) is 8.10. The van der Waals surface area contributed by atoms with Crippen molar-refractivity contribution in [2.75, 3.05) is 32.4 Å². The summed E-state index contributed by atoms with van der Waals surface area (Å²) in [5.74, 6) is 1.46. The van der Waals surface area contributed by atoms with Crippen LogP contribution in [0, 0.1) is 0 Å². The van der Waals surface area contributed by atoms with Gasteiger partial charge in [0, 0.05) is 11.3 Å². The molecular formula is C19H18ClN3O4S. The van der Waals surface area contributed by atoms with Gasteiger partial charge in [0.2, 0.25) is 5.78 Å². The summed E-state index contributed by atoms with van der Waals surface area (Å²) in [6.45, 7) is 0. The Hall–Kier alpha value is -2.97. The maximum atomic E-state index is 12.9. The van der Waals surface area contributed by atoms with Crippen LogP contribution in [0.4, 0.5) is 16.6 Å². The summed E-state index contributed by atoms with van der Waals surface area (Å²) in [5, 5.41) is 4.03. The topological polar surface area (TPSA) is 95.7 Å². The number of ketones is 1. The summed E-state index contributed by atoms with van der Waals surface area (Å²) in [6.07, 6.45) is 0. The first-order chi connectivity index (χ1) is 13.5. The summed E-state index contributed by atoms with van der Waals surface area (Å²) in [6, 6.07) is 10.2. The van der Waals surface area contributed by atoms with Gasteiger partial charge in [-0.05, 0) is 36.4 Å². The molecule has 1 heterocycles. The second-order valence-corrected chi connectivity index (χ2v) is 7.01. The number of thiazole rings is 1. The molecule has 3 rings (SSSR count). The van der Waals surface area contributed by atoms with Crippen molar-refractivity contribution in [3.63, 3.8) is 0 Å². The van der Waals surface area contributed by atoms with E-state index in [1.807, 2.05) is 0 Å². The summed E-state index contributed by atoms with van der Waals surface area (Å²) < 4.78 is 15.6. The van der Waals surface area contributed by atoms with E-state index in [0.29, 0.717) is 43.5 Å². The van der Waals surface area contributed by atoms with Crippen LogP contribution in [0.5, 0.6) is 17.2 Å². The summed E-state index contributed by atoms with van der Waals surface area (Å²) in [4.78, 5) is 17.4. The summed E-state index contributed by atoms with van der Waals surface area (Å²) in [7, 11) is 4.58. The van der Waals surface area contributed by atoms with Gasteiger partial charge < -0.3 is 25.3 Å². The number of nitrogens with two attached hydrogens (primary N) is 1. The van der Waals surface area contributed by atoms with Crippen molar-refractivity contribution in [3.05, 3.63) is 51.9 Å². The molecule has 0 saturated carbocycles. The largest absolute Gasteiger partial charge is 0.495 e. The van der Waals surface area contributed by atoms with Crippen LogP contribution < -0.4 is 25.3 Å². The van der Waals surface area contributed by atoms with Crippen LogP contribution in [-0.4, -0.2) is 32.1 Å². The Labute approximate surface area is 171 Å². The third kappa shape index (κ3) is 3.97. The zero-order valence-electron chi connectivity index (χ0n) is 15.4. The Bertz CT molecular complexity index is 1020. The molecule has 146 valence electrons. The first kappa shape index (κ1) is 19.8. The second kappa shape index (κ2) is 8.37. The van der Waals surface area contributed by atoms with E-state index in [0.717, 1.165) is 11.3 Å². The first-order valence-corrected chi connectivity index (χ1v) is 9.29. The Morgan fingerprint density at radius 1 is 1.04 bits per heavy atom. The Morgan fingerprint density at radius 2 is 1.71 bits per heavy atom. The maximum Gasteiger partial charge on any atom is 0.206 e. The Kier molecular flexibility index (Phi) is 5.91. The zero-order valence-corrected chi connectivity index (χ0v) is 17.0. The number of ether oxygens (including phenoxy) is 3. The normalized spacial score (nSPS) is 10.4. The van der Waals surface area contributed by atoms with Crippen LogP contribution >= 0.6 is 22.9 Å². The van der Waals surface area contributed by atoms with Gasteiger partial charge in [-0.3, -0.25) is 4.79 Å². The molecule has 7 nitrogen and oxygen atoms in total. The molecule has 0 aliphatic rings. The lowest BCUT2D eigenvalue weighted by Gasteiger charge is -2.08. The number of benzene rings is 2. The van der Waals surface area contributed by atoms with Crippen molar-refractivity contribution >= 4 is 45.4 Å². The van der Waals surface area contributed by atoms with Crippen LogP contribution in [0.15, 0.2) is 36.4 Å². The molecule has 0 unspecified atom stereocenters. The number of nitrogens with one attached hydrogen (secondary N) is 1. The molecule has 0 aliphatic heterocycles. The molecule has 2 aromatic carbocycles. The fourth-order valence-electron chi connectivity index (χ4n) is 2.52. The molecular weight excluding hydrogens is 402 g/mol. The number of carbonyl (C=O) groups excluding carboxylic acids is 1. The van der Waals surface area contributed by atoms with Crippen molar-refractivity contribution in [2.24, 2.45) is 0 Å². The molecule has 0 atom stereocenters. The van der Waals surface area contributed by atoms with E-state index in [9.17, 15) is 4.79 Å². The number of anilines is 3. The van der Waals surface area contributed by atoms with Gasteiger partial charge in [0.25, 0.3) is 0 Å². The van der Waals surface area contributed by atoms with Crippen LogP contribution in [0.25, 0.3) is 0 Å². The summed E-state index contributed by atoms with van der Waals surface area (Å²) in [5.41, 5.74) is 7.09. The predicted molar refractivity (Wildman–Crippen MR) is 111 cm³/mol. The van der Waals surface area contributed by atoms with Crippen molar-refractivity contribution in [1.29, 1.82) is 0 Å². The van der Waals surface area contributed by atoms with Crippen molar-refractivity contribution in [3.8, 4) is 17.2 Å². The molecule has 0 spiro atoms. The number of carbonyl (C=O) groups is 1. The third-order valence-corrected chi connectivity index (χ3v) is 5.19. The van der Waals surface area contributed by atoms with Gasteiger partial charge in [-0.2, -0.15) is 0 Å². The maximum absolute atomic E-state index is 12.9. The van der Waals surface area contributed by atoms with E-state index in [2.05, 4.69) is 10.3 Å². The van der Waals surface area contributed by atoms with E-state index in [1.54, 1.807) is 43.5 Å². The van der Waals surface area contributed by atoms with Crippen molar-refractivity contribution in [2.45, 2.75) is 0 Å². The van der Waals surface area contributed by atoms with Crippen LogP contribution in [-0.2, 0) is 0 Å². The molecule has 9 heteroatoms. The molecule has 3 N–H and O–H groups in total. The fourth-order valence-corrected chi connectivity index (χ4v) is 3.65. The molecule has 0 saturated heterocycles. The van der Waals surface area contributed by atoms with Crippen molar-refractivity contribution in [1.82, 2.24) is 4.98 Å². The number of hydrogen-bond donors (Lipinski definition) is 2. The average Bonchev–Trinajstić information content (AvgIpc) is 3.06. The zero-order chi connectivity index (χ0) is 20.3. The molecule has 0 fully saturated rings. The SMILES string of the molecule is COc1ccc(Nc2nc(N)c(C(=O)c3ccc(OC)c(OC)c3)s2)cc1Cl. The number of nitrogens with zero attached hydrogens (tertiary/aromatic N) is 1. The van der Waals surface area contributed by atoms with Crippen molar-refractivity contribution < 1.29 is 19.0 Å². The lowest BCUT2D eigenvalue weighted by molar-refractivity contribution is 0.104. The van der Waals surface area contributed by atoms with Gasteiger partial charge >= 0.3 is 0 Å². The monoisotopic (exact) mass is 419 g/mol. The number of methoxy groups -OCH3 is 3. The number of aromatic nitrogens is 1.